The minimum atomic E-state index is -1.75. The number of carbonyl (C=O) groups excluding carboxylic acids is 2. The number of carboxylic acid groups (broad SMARTS) is 2. The summed E-state index contributed by atoms with van der Waals surface area (Å²) in [4.78, 5) is 60.3. The molecule has 0 aliphatic carbocycles. The molecule has 2 aliphatic heterocycles. The second-order valence-electron chi connectivity index (χ2n) is 9.49. The van der Waals surface area contributed by atoms with E-state index >= 15 is 0 Å². The summed E-state index contributed by atoms with van der Waals surface area (Å²) in [5, 5.41) is 26.5. The molecule has 5 N–H and O–H groups in total. The molecule has 5 heterocycles. The van der Waals surface area contributed by atoms with Crippen LogP contribution in [0.15, 0.2) is 58.7 Å². The van der Waals surface area contributed by atoms with Gasteiger partial charge in [0, 0.05) is 16.7 Å². The van der Waals surface area contributed by atoms with Crippen molar-refractivity contribution >= 4 is 92.8 Å². The maximum atomic E-state index is 13.2. The average Bonchev–Trinajstić information content (AvgIpc) is 3.52. The predicted octanol–water partition coefficient (Wildman–Crippen LogP) is -0.360. The summed E-state index contributed by atoms with van der Waals surface area (Å²) < 4.78 is 3.75. The van der Waals surface area contributed by atoms with Gasteiger partial charge in [-0.15, -0.1) is 23.1 Å². The number of hydrogen-bond acceptors (Lipinski definition) is 10. The summed E-state index contributed by atoms with van der Waals surface area (Å²) >= 11 is 2.35. The number of nitrogen functional groups attached to an aromatic ring is 1. The van der Waals surface area contributed by atoms with Crippen LogP contribution < -0.4 is 15.5 Å². The van der Waals surface area contributed by atoms with Crippen molar-refractivity contribution < 1.29 is 38.6 Å². The van der Waals surface area contributed by atoms with Gasteiger partial charge in [-0.25, -0.2) is 23.5 Å². The molecule has 1 fully saturated rings. The molecule has 41 heavy (non-hydrogen) atoms. The van der Waals surface area contributed by atoms with Gasteiger partial charge in [0.25, 0.3) is 11.8 Å². The Morgan fingerprint density at radius 3 is 2.71 bits per heavy atom. The van der Waals surface area contributed by atoms with Crippen LogP contribution in [0.4, 0.5) is 5.13 Å². The van der Waals surface area contributed by atoms with E-state index in [1.165, 1.54) is 35.9 Å². The summed E-state index contributed by atoms with van der Waals surface area (Å²) in [6.07, 6.45) is 5.59. The summed E-state index contributed by atoms with van der Waals surface area (Å²) in [7, 11) is 0. The van der Waals surface area contributed by atoms with Crippen LogP contribution in [0.1, 0.15) is 19.5 Å². The van der Waals surface area contributed by atoms with Gasteiger partial charge in [0.1, 0.15) is 35.5 Å². The molecule has 0 saturated carbocycles. The molecule has 5 rings (SSSR count). The zero-order chi connectivity index (χ0) is 28.8. The van der Waals surface area contributed by atoms with E-state index in [0.717, 1.165) is 16.9 Å². The third kappa shape index (κ3) is 5.97. The van der Waals surface area contributed by atoms with Gasteiger partial charge in [-0.3, -0.25) is 14.5 Å². The van der Waals surface area contributed by atoms with E-state index in [-0.39, 0.29) is 58.3 Å². The fraction of sp³-hybridized carbons (Fsp3) is 0.292. The van der Waals surface area contributed by atoms with Gasteiger partial charge in [0.15, 0.2) is 16.4 Å². The number of thiazole rings is 1. The fourth-order valence-corrected chi connectivity index (χ4v) is 6.05. The Kier molecular flexibility index (Phi) is 8.79. The first-order chi connectivity index (χ1) is 19.0. The number of pyridine rings is 1. The van der Waals surface area contributed by atoms with Crippen LogP contribution >= 0.6 is 23.1 Å². The Balaban J connectivity index is 0.00000387. The number of nitrogens with zero attached hydrogens (tertiary/aromatic N) is 5. The number of nitrogens with one attached hydrogen (secondary N) is 1. The van der Waals surface area contributed by atoms with E-state index in [2.05, 4.69) is 15.5 Å². The van der Waals surface area contributed by atoms with Crippen LogP contribution in [0.5, 0.6) is 0 Å². The van der Waals surface area contributed by atoms with Crippen molar-refractivity contribution in [1.82, 2.24) is 19.8 Å². The molecule has 0 spiro atoms. The minimum absolute atomic E-state index is 0. The molecule has 210 valence electrons. The standard InChI is InChI=1S/C24H23N7O7S2.Na.H/c1-24(2,22(36)37)38-28-15(14-10-40-23(25)26-14)18(32)27-16-19(33)31-17(21(34)35)12(9-39-20(16)31)7-29-8-13-5-3-4-6-30(13)11-29;;/h3-6,8,10-11,16,20H,7,9H2,1-2H3,(H4-,25,26,27,32,34,35,36,37);;/p+1/b28-15-;;/t16-,20-;;/m1../s1. The van der Waals surface area contributed by atoms with Gasteiger partial charge in [-0.1, -0.05) is 11.2 Å². The van der Waals surface area contributed by atoms with E-state index in [0.29, 0.717) is 11.3 Å². The number of imidazole rings is 1. The van der Waals surface area contributed by atoms with Gasteiger partial charge >= 0.3 is 41.5 Å². The molecule has 0 radical (unpaired) electrons. The quantitative estimate of drug-likeness (QED) is 0.0817. The molecule has 1 saturated heterocycles. The van der Waals surface area contributed by atoms with E-state index in [9.17, 15) is 29.4 Å². The van der Waals surface area contributed by atoms with Crippen LogP contribution in [-0.2, 0) is 30.6 Å². The number of carbonyl (C=O) groups is 4. The number of oxime groups is 1. The topological polar surface area (TPSA) is 194 Å². The third-order valence-electron chi connectivity index (χ3n) is 6.26. The van der Waals surface area contributed by atoms with Crippen LogP contribution in [-0.4, -0.2) is 106 Å². The molecule has 14 nitrogen and oxygen atoms in total. The number of fused-ring (bicyclic) bond motifs is 2. The van der Waals surface area contributed by atoms with Crippen molar-refractivity contribution in [3.05, 3.63) is 59.3 Å². The molecule has 2 amide bonds. The monoisotopic (exact) mass is 610 g/mol. The number of carboxylic acids is 2. The normalized spacial score (nSPS) is 18.8. The van der Waals surface area contributed by atoms with Gasteiger partial charge in [0.2, 0.25) is 11.9 Å². The van der Waals surface area contributed by atoms with E-state index in [1.807, 2.05) is 45.9 Å². The van der Waals surface area contributed by atoms with Gasteiger partial charge in [-0.2, -0.15) is 0 Å². The Labute approximate surface area is 263 Å². The SMILES string of the molecule is CC(C)(O/N=C(\C(=O)N[C@@H]1C(=O)N2C(C(=O)O)=C(Cn3cc4cccc[n+]4c3)CS[C@H]12)c1csc(N)n1)C(=O)O.[NaH]. The number of aliphatic carboxylic acids is 2. The molecular weight excluding hydrogens is 585 g/mol. The summed E-state index contributed by atoms with van der Waals surface area (Å²) in [6.45, 7) is 2.77. The molecule has 17 heteroatoms. The average molecular weight is 611 g/mol. The van der Waals surface area contributed by atoms with Crippen molar-refractivity contribution in [2.24, 2.45) is 5.16 Å². The number of thioether (sulfide) groups is 1. The Bertz CT molecular complexity index is 1580. The van der Waals surface area contributed by atoms with Crippen LogP contribution in [0.2, 0.25) is 0 Å². The van der Waals surface area contributed by atoms with Crippen molar-refractivity contribution in [3.8, 4) is 0 Å². The first kappa shape index (κ1) is 30.5. The summed E-state index contributed by atoms with van der Waals surface area (Å²) in [6, 6.07) is 4.65. The first-order valence-corrected chi connectivity index (χ1v) is 13.8. The van der Waals surface area contributed by atoms with Crippen molar-refractivity contribution in [2.75, 3.05) is 11.5 Å². The van der Waals surface area contributed by atoms with Crippen LogP contribution in [0, 0.1) is 0 Å². The Hall–Kier alpha value is -3.44. The molecule has 0 unspecified atom stereocenters. The third-order valence-corrected chi connectivity index (χ3v) is 8.28. The van der Waals surface area contributed by atoms with Crippen molar-refractivity contribution in [3.63, 3.8) is 0 Å². The van der Waals surface area contributed by atoms with Crippen molar-refractivity contribution in [2.45, 2.75) is 37.4 Å². The number of β-lactam (4-membered cyclic amide) rings is 1. The number of rotatable bonds is 9. The van der Waals surface area contributed by atoms with Crippen molar-refractivity contribution in [1.29, 1.82) is 0 Å². The summed E-state index contributed by atoms with van der Waals surface area (Å²) in [5.74, 6) is -3.69. The zero-order valence-corrected chi connectivity index (χ0v) is 22.8. The van der Waals surface area contributed by atoms with E-state index in [4.69, 9.17) is 10.6 Å². The Morgan fingerprint density at radius 2 is 2.07 bits per heavy atom. The first-order valence-electron chi connectivity index (χ1n) is 11.8. The molecule has 3 aromatic heterocycles. The molecule has 3 aromatic rings. The molecular formula is C24H25N7NaO7S2+. The predicted molar refractivity (Wildman–Crippen MR) is 150 cm³/mol. The van der Waals surface area contributed by atoms with Gasteiger partial charge in [-0.05, 0) is 26.0 Å². The number of nitrogens with two attached hydrogens (primary N) is 1. The zero-order valence-electron chi connectivity index (χ0n) is 21.2. The van der Waals surface area contributed by atoms with E-state index < -0.39 is 40.8 Å². The molecule has 2 atom stereocenters. The molecule has 2 aliphatic rings. The van der Waals surface area contributed by atoms with Gasteiger partial charge < -0.3 is 26.1 Å². The second-order valence-corrected chi connectivity index (χ2v) is 11.5. The van der Waals surface area contributed by atoms with Crippen LogP contribution in [0.3, 0.4) is 0 Å². The number of anilines is 1. The number of hydrogen-bond donors (Lipinski definition) is 4. The maximum absolute atomic E-state index is 13.2. The van der Waals surface area contributed by atoms with Crippen LogP contribution in [0.25, 0.3) is 5.52 Å². The van der Waals surface area contributed by atoms with Gasteiger partial charge in [0.05, 0.1) is 6.20 Å². The second kappa shape index (κ2) is 11.8. The van der Waals surface area contributed by atoms with E-state index in [1.54, 1.807) is 0 Å². The number of aromatic nitrogens is 3. The number of amides is 2. The Morgan fingerprint density at radius 1 is 1.32 bits per heavy atom. The molecule has 0 aromatic carbocycles. The molecule has 0 bridgehead atoms. The fourth-order valence-electron chi connectivity index (χ4n) is 4.17. The summed E-state index contributed by atoms with van der Waals surface area (Å²) in [5.41, 5.74) is 4.96.